The van der Waals surface area contributed by atoms with Gasteiger partial charge in [0.1, 0.15) is 11.3 Å². The van der Waals surface area contributed by atoms with Gasteiger partial charge < -0.3 is 5.11 Å². The van der Waals surface area contributed by atoms with Gasteiger partial charge in [-0.25, -0.2) is 4.98 Å². The molecule has 2 nitrogen and oxygen atoms in total. The van der Waals surface area contributed by atoms with E-state index in [0.717, 1.165) is 0 Å². The lowest BCUT2D eigenvalue weighted by Gasteiger charge is -2.14. The maximum absolute atomic E-state index is 13.2. The summed E-state index contributed by atoms with van der Waals surface area (Å²) in [4.78, 5) is 3.65. The molecule has 0 aliphatic rings. The topological polar surface area (TPSA) is 33.1 Å². The SMILES string of the molecule is Oc1cccc2cc(-c3ccccc3)c(C(F)(F)F)nc12. The zero-order valence-electron chi connectivity index (χ0n) is 10.7. The molecule has 5 heteroatoms. The summed E-state index contributed by atoms with van der Waals surface area (Å²) >= 11 is 0. The van der Waals surface area contributed by atoms with Gasteiger partial charge >= 0.3 is 6.18 Å². The van der Waals surface area contributed by atoms with Crippen molar-refractivity contribution in [3.8, 4) is 16.9 Å². The van der Waals surface area contributed by atoms with Crippen LogP contribution in [0.2, 0.25) is 0 Å². The van der Waals surface area contributed by atoms with E-state index in [1.807, 2.05) is 0 Å². The van der Waals surface area contributed by atoms with Crippen LogP contribution in [-0.4, -0.2) is 10.1 Å². The van der Waals surface area contributed by atoms with Crippen molar-refractivity contribution in [2.75, 3.05) is 0 Å². The van der Waals surface area contributed by atoms with Gasteiger partial charge in [0, 0.05) is 10.9 Å². The normalized spacial score (nSPS) is 11.8. The lowest BCUT2D eigenvalue weighted by Crippen LogP contribution is -2.10. The van der Waals surface area contributed by atoms with Crippen LogP contribution in [0.3, 0.4) is 0 Å². The van der Waals surface area contributed by atoms with E-state index < -0.39 is 11.9 Å². The number of nitrogens with zero attached hydrogens (tertiary/aromatic N) is 1. The van der Waals surface area contributed by atoms with E-state index in [9.17, 15) is 18.3 Å². The summed E-state index contributed by atoms with van der Waals surface area (Å²) in [5.74, 6) is -0.266. The largest absolute Gasteiger partial charge is 0.506 e. The van der Waals surface area contributed by atoms with Gasteiger partial charge in [-0.1, -0.05) is 42.5 Å². The number of phenolic OH excluding ortho intramolecular Hbond substituents is 1. The highest BCUT2D eigenvalue weighted by molar-refractivity contribution is 5.89. The highest BCUT2D eigenvalue weighted by Crippen LogP contribution is 2.38. The van der Waals surface area contributed by atoms with Crippen LogP contribution < -0.4 is 0 Å². The van der Waals surface area contributed by atoms with Gasteiger partial charge in [0.05, 0.1) is 0 Å². The zero-order valence-corrected chi connectivity index (χ0v) is 10.7. The number of rotatable bonds is 1. The Balaban J connectivity index is 2.37. The van der Waals surface area contributed by atoms with E-state index >= 15 is 0 Å². The summed E-state index contributed by atoms with van der Waals surface area (Å²) < 4.78 is 39.7. The minimum atomic E-state index is -4.60. The number of alkyl halides is 3. The number of fused-ring (bicyclic) bond motifs is 1. The first-order valence-corrected chi connectivity index (χ1v) is 6.22. The first-order valence-electron chi connectivity index (χ1n) is 6.22. The predicted octanol–water partition coefficient (Wildman–Crippen LogP) is 4.63. The standard InChI is InChI=1S/C16H10F3NO/c17-16(18,19)15-12(10-5-2-1-3-6-10)9-11-7-4-8-13(21)14(11)20-15/h1-9,21H. The van der Waals surface area contributed by atoms with Crippen molar-refractivity contribution in [2.24, 2.45) is 0 Å². The van der Waals surface area contributed by atoms with E-state index in [1.165, 1.54) is 12.1 Å². The Labute approximate surface area is 118 Å². The van der Waals surface area contributed by atoms with Crippen molar-refractivity contribution in [1.29, 1.82) is 0 Å². The van der Waals surface area contributed by atoms with E-state index in [2.05, 4.69) is 4.98 Å². The number of aromatic hydroxyl groups is 1. The van der Waals surface area contributed by atoms with Crippen molar-refractivity contribution in [3.63, 3.8) is 0 Å². The molecule has 1 heterocycles. The van der Waals surface area contributed by atoms with Crippen molar-refractivity contribution in [1.82, 2.24) is 4.98 Å². The number of hydrogen-bond donors (Lipinski definition) is 1. The second-order valence-electron chi connectivity index (χ2n) is 4.60. The van der Waals surface area contributed by atoms with Crippen LogP contribution in [0.5, 0.6) is 5.75 Å². The van der Waals surface area contributed by atoms with Crippen LogP contribution in [0, 0.1) is 0 Å². The lowest BCUT2D eigenvalue weighted by atomic mass is 10.0. The molecule has 0 saturated heterocycles. The minimum Gasteiger partial charge on any atom is -0.506 e. The van der Waals surface area contributed by atoms with Gasteiger partial charge in [-0.2, -0.15) is 13.2 Å². The maximum Gasteiger partial charge on any atom is 0.433 e. The van der Waals surface area contributed by atoms with Crippen LogP contribution in [0.1, 0.15) is 5.69 Å². The fraction of sp³-hybridized carbons (Fsp3) is 0.0625. The third kappa shape index (κ3) is 2.42. The van der Waals surface area contributed by atoms with Gasteiger partial charge in [0.25, 0.3) is 0 Å². The summed E-state index contributed by atoms with van der Waals surface area (Å²) in [7, 11) is 0. The maximum atomic E-state index is 13.2. The summed E-state index contributed by atoms with van der Waals surface area (Å²) in [6.07, 6.45) is -4.60. The van der Waals surface area contributed by atoms with Gasteiger partial charge in [-0.15, -0.1) is 0 Å². The number of pyridine rings is 1. The molecule has 1 N–H and O–H groups in total. The molecule has 0 unspecified atom stereocenters. The monoisotopic (exact) mass is 289 g/mol. The van der Waals surface area contributed by atoms with Crippen molar-refractivity contribution in [3.05, 3.63) is 60.3 Å². The molecule has 0 bridgehead atoms. The number of phenols is 1. The molecule has 106 valence electrons. The van der Waals surface area contributed by atoms with Crippen LogP contribution in [0.4, 0.5) is 13.2 Å². The molecule has 0 aliphatic heterocycles. The van der Waals surface area contributed by atoms with Crippen LogP contribution >= 0.6 is 0 Å². The molecule has 0 saturated carbocycles. The Morgan fingerprint density at radius 2 is 1.62 bits per heavy atom. The summed E-state index contributed by atoms with van der Waals surface area (Å²) in [6, 6.07) is 14.2. The van der Waals surface area contributed by atoms with Crippen LogP contribution in [0.25, 0.3) is 22.0 Å². The molecular weight excluding hydrogens is 279 g/mol. The highest BCUT2D eigenvalue weighted by Gasteiger charge is 2.36. The molecule has 21 heavy (non-hydrogen) atoms. The third-order valence-electron chi connectivity index (χ3n) is 3.18. The van der Waals surface area contributed by atoms with Crippen LogP contribution in [0.15, 0.2) is 54.6 Å². The highest BCUT2D eigenvalue weighted by atomic mass is 19.4. The molecule has 3 rings (SSSR count). The number of para-hydroxylation sites is 1. The second kappa shape index (κ2) is 4.77. The Morgan fingerprint density at radius 3 is 2.29 bits per heavy atom. The molecule has 0 aliphatic carbocycles. The first kappa shape index (κ1) is 13.4. The minimum absolute atomic E-state index is 0.00111. The second-order valence-corrected chi connectivity index (χ2v) is 4.60. The number of halogens is 3. The predicted molar refractivity (Wildman–Crippen MR) is 73.8 cm³/mol. The number of hydrogen-bond acceptors (Lipinski definition) is 2. The fourth-order valence-corrected chi connectivity index (χ4v) is 2.24. The molecule has 0 fully saturated rings. The number of aromatic nitrogens is 1. The molecular formula is C16H10F3NO. The molecule has 0 spiro atoms. The molecule has 0 radical (unpaired) electrons. The average molecular weight is 289 g/mol. The molecule has 0 atom stereocenters. The quantitative estimate of drug-likeness (QED) is 0.708. The Morgan fingerprint density at radius 1 is 0.905 bits per heavy atom. The van der Waals surface area contributed by atoms with Crippen molar-refractivity contribution < 1.29 is 18.3 Å². The zero-order chi connectivity index (χ0) is 15.0. The van der Waals surface area contributed by atoms with Gasteiger partial charge in [-0.3, -0.25) is 0 Å². The molecule has 2 aromatic carbocycles. The molecule has 1 aromatic heterocycles. The lowest BCUT2D eigenvalue weighted by molar-refractivity contribution is -0.140. The van der Waals surface area contributed by atoms with Gasteiger partial charge in [-0.05, 0) is 17.7 Å². The number of benzene rings is 2. The summed E-state index contributed by atoms with van der Waals surface area (Å²) in [6.45, 7) is 0. The fourth-order valence-electron chi connectivity index (χ4n) is 2.24. The Bertz CT molecular complexity index is 798. The van der Waals surface area contributed by atoms with E-state index in [1.54, 1.807) is 42.5 Å². The van der Waals surface area contributed by atoms with Gasteiger partial charge in [0.15, 0.2) is 5.69 Å². The summed E-state index contributed by atoms with van der Waals surface area (Å²) in [5.41, 5.74) is -0.615. The Kier molecular flexibility index (Phi) is 3.05. The first-order chi connectivity index (χ1) is 9.97. The van der Waals surface area contributed by atoms with E-state index in [4.69, 9.17) is 0 Å². The third-order valence-corrected chi connectivity index (χ3v) is 3.18. The average Bonchev–Trinajstić information content (AvgIpc) is 2.46. The molecule has 3 aromatic rings. The van der Waals surface area contributed by atoms with Gasteiger partial charge in [0.2, 0.25) is 0 Å². The van der Waals surface area contributed by atoms with Crippen molar-refractivity contribution in [2.45, 2.75) is 6.18 Å². The van der Waals surface area contributed by atoms with Crippen LogP contribution in [-0.2, 0) is 6.18 Å². The van der Waals surface area contributed by atoms with E-state index in [0.29, 0.717) is 10.9 Å². The van der Waals surface area contributed by atoms with Crippen molar-refractivity contribution >= 4 is 10.9 Å². The Hall–Kier alpha value is -2.56. The molecule has 0 amide bonds. The smallest absolute Gasteiger partial charge is 0.433 e. The summed E-state index contributed by atoms with van der Waals surface area (Å²) in [5, 5.41) is 10.2. The van der Waals surface area contributed by atoms with E-state index in [-0.39, 0.29) is 16.8 Å².